The molecular weight excluding hydrogens is 255 g/mol. The van der Waals surface area contributed by atoms with E-state index in [-0.39, 0.29) is 0 Å². The van der Waals surface area contributed by atoms with Gasteiger partial charge in [-0.2, -0.15) is 13.2 Å². The fourth-order valence-corrected chi connectivity index (χ4v) is 0.424. The van der Waals surface area contributed by atoms with Gasteiger partial charge in [0.05, 0.1) is 0 Å². The predicted octanol–water partition coefficient (Wildman–Crippen LogP) is 1.53. The van der Waals surface area contributed by atoms with Crippen LogP contribution >= 0.6 is 15.9 Å². The van der Waals surface area contributed by atoms with Gasteiger partial charge in [-0.25, -0.2) is 4.79 Å². The summed E-state index contributed by atoms with van der Waals surface area (Å²) in [4.78, 5) is 8.90. The molecule has 3 N–H and O–H groups in total. The maximum absolute atomic E-state index is 10.6. The van der Waals surface area contributed by atoms with E-state index in [1.165, 1.54) is 0 Å². The highest BCUT2D eigenvalue weighted by atomic mass is 79.9. The van der Waals surface area contributed by atoms with Gasteiger partial charge in [0.2, 0.25) is 0 Å². The molecule has 0 amide bonds. The SMILES string of the molecule is NC/C=C/CBr.O=C(O)C(F)(F)F. The number of carbonyl (C=O) groups is 1. The first-order chi connectivity index (χ1) is 5.86. The first-order valence-electron chi connectivity index (χ1n) is 3.07. The molecule has 0 spiro atoms. The maximum Gasteiger partial charge on any atom is 0.490 e. The van der Waals surface area contributed by atoms with E-state index in [1.807, 2.05) is 12.2 Å². The largest absolute Gasteiger partial charge is 0.490 e. The molecule has 0 aliphatic heterocycles. The van der Waals surface area contributed by atoms with Gasteiger partial charge in [0, 0.05) is 11.9 Å². The van der Waals surface area contributed by atoms with Gasteiger partial charge in [-0.05, 0) is 0 Å². The third kappa shape index (κ3) is 14.3. The van der Waals surface area contributed by atoms with Crippen molar-refractivity contribution >= 4 is 21.9 Å². The van der Waals surface area contributed by atoms with Crippen molar-refractivity contribution in [1.82, 2.24) is 0 Å². The molecule has 13 heavy (non-hydrogen) atoms. The Kier molecular flexibility index (Phi) is 9.26. The van der Waals surface area contributed by atoms with Crippen molar-refractivity contribution < 1.29 is 23.1 Å². The lowest BCUT2D eigenvalue weighted by atomic mass is 10.5. The Balaban J connectivity index is 0. The van der Waals surface area contributed by atoms with Crippen molar-refractivity contribution in [2.24, 2.45) is 5.73 Å². The fraction of sp³-hybridized carbons (Fsp3) is 0.500. The number of hydrogen-bond acceptors (Lipinski definition) is 2. The highest BCUT2D eigenvalue weighted by Crippen LogP contribution is 2.13. The molecule has 0 radical (unpaired) electrons. The van der Waals surface area contributed by atoms with Crippen molar-refractivity contribution in [1.29, 1.82) is 0 Å². The highest BCUT2D eigenvalue weighted by Gasteiger charge is 2.38. The highest BCUT2D eigenvalue weighted by molar-refractivity contribution is 9.09. The van der Waals surface area contributed by atoms with Gasteiger partial charge >= 0.3 is 12.1 Å². The van der Waals surface area contributed by atoms with E-state index in [4.69, 9.17) is 15.6 Å². The molecular formula is C6H9BrF3NO2. The predicted molar refractivity (Wildman–Crippen MR) is 45.7 cm³/mol. The smallest absolute Gasteiger partial charge is 0.475 e. The molecule has 0 heterocycles. The molecule has 0 aromatic carbocycles. The molecule has 0 aliphatic rings. The Bertz CT molecular complexity index is 164. The van der Waals surface area contributed by atoms with Gasteiger partial charge in [0.25, 0.3) is 0 Å². The first-order valence-corrected chi connectivity index (χ1v) is 4.19. The minimum Gasteiger partial charge on any atom is -0.475 e. The zero-order valence-corrected chi connectivity index (χ0v) is 8.10. The lowest BCUT2D eigenvalue weighted by Crippen LogP contribution is -2.21. The molecule has 0 aliphatic carbocycles. The molecule has 78 valence electrons. The van der Waals surface area contributed by atoms with Gasteiger partial charge in [0.15, 0.2) is 0 Å². The molecule has 3 nitrogen and oxygen atoms in total. The third-order valence-electron chi connectivity index (χ3n) is 0.634. The van der Waals surface area contributed by atoms with Crippen LogP contribution in [-0.4, -0.2) is 29.1 Å². The molecule has 0 saturated carbocycles. The van der Waals surface area contributed by atoms with E-state index < -0.39 is 12.1 Å². The van der Waals surface area contributed by atoms with Crippen LogP contribution in [0.1, 0.15) is 0 Å². The monoisotopic (exact) mass is 263 g/mol. The molecule has 0 unspecified atom stereocenters. The van der Waals surface area contributed by atoms with Gasteiger partial charge in [-0.1, -0.05) is 28.1 Å². The Labute approximate surface area is 81.5 Å². The molecule has 0 fully saturated rings. The van der Waals surface area contributed by atoms with Crippen LogP contribution in [0.15, 0.2) is 12.2 Å². The van der Waals surface area contributed by atoms with Gasteiger partial charge < -0.3 is 10.8 Å². The van der Waals surface area contributed by atoms with Crippen LogP contribution in [0.3, 0.4) is 0 Å². The van der Waals surface area contributed by atoms with Crippen LogP contribution in [0, 0.1) is 0 Å². The number of rotatable bonds is 2. The van der Waals surface area contributed by atoms with Crippen molar-refractivity contribution in [2.45, 2.75) is 6.18 Å². The zero-order valence-electron chi connectivity index (χ0n) is 6.51. The quantitative estimate of drug-likeness (QED) is 0.587. The van der Waals surface area contributed by atoms with Gasteiger partial charge in [0.1, 0.15) is 0 Å². The number of allylic oxidation sites excluding steroid dienone is 1. The van der Waals surface area contributed by atoms with E-state index >= 15 is 0 Å². The summed E-state index contributed by atoms with van der Waals surface area (Å²) in [5.74, 6) is -2.76. The molecule has 0 rings (SSSR count). The summed E-state index contributed by atoms with van der Waals surface area (Å²) >= 11 is 3.21. The van der Waals surface area contributed by atoms with Crippen LogP contribution in [0.25, 0.3) is 0 Å². The Hall–Kier alpha value is -0.560. The Morgan fingerprint density at radius 2 is 1.85 bits per heavy atom. The van der Waals surface area contributed by atoms with E-state index in [0.717, 1.165) is 5.33 Å². The first kappa shape index (κ1) is 14.9. The summed E-state index contributed by atoms with van der Waals surface area (Å²) in [6.07, 6.45) is -1.20. The van der Waals surface area contributed by atoms with Crippen molar-refractivity contribution in [2.75, 3.05) is 11.9 Å². The molecule has 0 aromatic rings. The van der Waals surface area contributed by atoms with Crippen LogP contribution in [0.5, 0.6) is 0 Å². The lowest BCUT2D eigenvalue weighted by Gasteiger charge is -1.93. The van der Waals surface area contributed by atoms with Crippen molar-refractivity contribution in [3.8, 4) is 0 Å². The Morgan fingerprint density at radius 3 is 1.92 bits per heavy atom. The van der Waals surface area contributed by atoms with E-state index in [2.05, 4.69) is 15.9 Å². The second-order valence-corrected chi connectivity index (χ2v) is 2.31. The molecule has 0 saturated heterocycles. The topological polar surface area (TPSA) is 63.3 Å². The number of carboxylic acid groups (broad SMARTS) is 1. The summed E-state index contributed by atoms with van der Waals surface area (Å²) < 4.78 is 31.7. The second-order valence-electron chi connectivity index (χ2n) is 1.66. The van der Waals surface area contributed by atoms with Gasteiger partial charge in [-0.15, -0.1) is 0 Å². The number of aliphatic carboxylic acids is 1. The number of carboxylic acids is 1. The molecule has 0 atom stereocenters. The summed E-state index contributed by atoms with van der Waals surface area (Å²) in [5.41, 5.74) is 5.11. The van der Waals surface area contributed by atoms with E-state index in [0.29, 0.717) is 6.54 Å². The van der Waals surface area contributed by atoms with Crippen LogP contribution in [-0.2, 0) is 4.79 Å². The van der Waals surface area contributed by atoms with Crippen LogP contribution in [0.2, 0.25) is 0 Å². The fourth-order valence-electron chi connectivity index (χ4n) is 0.159. The minimum absolute atomic E-state index is 0.644. The minimum atomic E-state index is -5.08. The summed E-state index contributed by atoms with van der Waals surface area (Å²) in [6, 6.07) is 0. The van der Waals surface area contributed by atoms with Crippen molar-refractivity contribution in [3.05, 3.63) is 12.2 Å². The Morgan fingerprint density at radius 1 is 1.46 bits per heavy atom. The summed E-state index contributed by atoms with van der Waals surface area (Å²) in [7, 11) is 0. The summed E-state index contributed by atoms with van der Waals surface area (Å²) in [6.45, 7) is 0.644. The third-order valence-corrected chi connectivity index (χ3v) is 1.01. The molecule has 0 bridgehead atoms. The second kappa shape index (κ2) is 8.06. The number of halogens is 4. The number of nitrogens with two attached hydrogens (primary N) is 1. The molecule has 7 heteroatoms. The number of alkyl halides is 4. The molecule has 0 aromatic heterocycles. The van der Waals surface area contributed by atoms with Gasteiger partial charge in [-0.3, -0.25) is 0 Å². The lowest BCUT2D eigenvalue weighted by molar-refractivity contribution is -0.192. The average molecular weight is 264 g/mol. The normalized spacial score (nSPS) is 10.8. The number of hydrogen-bond donors (Lipinski definition) is 2. The van der Waals surface area contributed by atoms with Crippen LogP contribution < -0.4 is 5.73 Å². The average Bonchev–Trinajstić information content (AvgIpc) is 2.00. The zero-order chi connectivity index (χ0) is 10.9. The van der Waals surface area contributed by atoms with E-state index in [1.54, 1.807) is 0 Å². The van der Waals surface area contributed by atoms with Crippen LogP contribution in [0.4, 0.5) is 13.2 Å². The standard InChI is InChI=1S/C4H8BrN.C2HF3O2/c5-3-1-2-4-6;3-2(4,5)1(6)7/h1-2H,3-4,6H2;(H,6,7)/b2-1+;. The van der Waals surface area contributed by atoms with Crippen molar-refractivity contribution in [3.63, 3.8) is 0 Å². The van der Waals surface area contributed by atoms with E-state index in [9.17, 15) is 13.2 Å². The maximum atomic E-state index is 10.6. The summed E-state index contributed by atoms with van der Waals surface area (Å²) in [5, 5.41) is 8.03.